The average Bonchev–Trinajstić information content (AvgIpc) is 2.28. The summed E-state index contributed by atoms with van der Waals surface area (Å²) in [6.07, 6.45) is 0.526. The molecule has 5 heteroatoms. The van der Waals surface area contributed by atoms with Crippen molar-refractivity contribution in [3.63, 3.8) is 0 Å². The van der Waals surface area contributed by atoms with E-state index in [9.17, 15) is 9.18 Å². The maximum absolute atomic E-state index is 13.5. The normalized spacial score (nSPS) is 12.2. The number of benzene rings is 1. The first-order chi connectivity index (χ1) is 8.06. The van der Waals surface area contributed by atoms with Crippen LogP contribution in [0.1, 0.15) is 12.5 Å². The van der Waals surface area contributed by atoms with Crippen molar-refractivity contribution in [3.05, 3.63) is 29.6 Å². The Morgan fingerprint density at radius 1 is 1.53 bits per heavy atom. The fraction of sp³-hybridized carbons (Fsp3) is 0.417. The van der Waals surface area contributed by atoms with Gasteiger partial charge in [0.25, 0.3) is 0 Å². The van der Waals surface area contributed by atoms with Gasteiger partial charge in [0, 0.05) is 0 Å². The minimum Gasteiger partial charge on any atom is -0.489 e. The van der Waals surface area contributed by atoms with E-state index in [0.717, 1.165) is 0 Å². The van der Waals surface area contributed by atoms with Crippen LogP contribution in [-0.2, 0) is 11.2 Å². The lowest BCUT2D eigenvalue weighted by molar-refractivity contribution is -0.122. The van der Waals surface area contributed by atoms with Crippen LogP contribution < -0.4 is 16.2 Å². The molecule has 0 radical (unpaired) electrons. The van der Waals surface area contributed by atoms with E-state index in [1.807, 2.05) is 0 Å². The van der Waals surface area contributed by atoms with Crippen molar-refractivity contribution in [3.8, 4) is 5.75 Å². The van der Waals surface area contributed by atoms with E-state index in [4.69, 9.17) is 16.2 Å². The second-order valence-electron chi connectivity index (χ2n) is 3.88. The molecular formula is C12H17FN2O2. The Balaban J connectivity index is 2.78. The van der Waals surface area contributed by atoms with Crippen LogP contribution in [-0.4, -0.2) is 19.1 Å². The molecule has 0 saturated heterocycles. The lowest BCUT2D eigenvalue weighted by Gasteiger charge is -2.14. The van der Waals surface area contributed by atoms with Gasteiger partial charge in [0.15, 0.2) is 11.6 Å². The number of rotatable bonds is 6. The summed E-state index contributed by atoms with van der Waals surface area (Å²) in [5, 5.41) is 0. The minimum atomic E-state index is -0.471. The molecule has 1 unspecified atom stereocenters. The molecule has 1 rings (SSSR count). The maximum atomic E-state index is 13.5. The fourth-order valence-electron chi connectivity index (χ4n) is 1.36. The van der Waals surface area contributed by atoms with E-state index in [1.54, 1.807) is 19.1 Å². The molecule has 0 spiro atoms. The maximum Gasteiger partial charge on any atom is 0.223 e. The molecule has 1 amide bonds. The molecule has 1 atom stereocenters. The Kier molecular flexibility index (Phi) is 4.90. The van der Waals surface area contributed by atoms with Crippen LogP contribution in [0.3, 0.4) is 0 Å². The van der Waals surface area contributed by atoms with Crippen molar-refractivity contribution in [1.82, 2.24) is 0 Å². The molecular weight excluding hydrogens is 223 g/mol. The van der Waals surface area contributed by atoms with Crippen LogP contribution in [0, 0.1) is 11.7 Å². The number of ether oxygens (including phenoxy) is 1. The summed E-state index contributed by atoms with van der Waals surface area (Å²) in [5.41, 5.74) is 11.2. The van der Waals surface area contributed by atoms with Gasteiger partial charge in [0.2, 0.25) is 5.91 Å². The third-order valence-electron chi connectivity index (χ3n) is 2.43. The third-order valence-corrected chi connectivity index (χ3v) is 2.43. The smallest absolute Gasteiger partial charge is 0.223 e. The molecule has 94 valence electrons. The third kappa shape index (κ3) is 3.71. The molecule has 0 aliphatic rings. The number of para-hydroxylation sites is 1. The Hall–Kier alpha value is -1.62. The molecule has 1 aromatic rings. The van der Waals surface area contributed by atoms with Gasteiger partial charge in [0.1, 0.15) is 0 Å². The van der Waals surface area contributed by atoms with Gasteiger partial charge in [0.05, 0.1) is 12.5 Å². The van der Waals surface area contributed by atoms with Crippen molar-refractivity contribution < 1.29 is 13.9 Å². The van der Waals surface area contributed by atoms with Gasteiger partial charge in [-0.25, -0.2) is 4.39 Å². The van der Waals surface area contributed by atoms with Gasteiger partial charge < -0.3 is 16.2 Å². The first-order valence-corrected chi connectivity index (χ1v) is 5.45. The van der Waals surface area contributed by atoms with Crippen LogP contribution in [0.5, 0.6) is 5.75 Å². The number of carbonyl (C=O) groups excluding carboxylic acids is 1. The highest BCUT2D eigenvalue weighted by Crippen LogP contribution is 2.23. The Labute approximate surface area is 99.7 Å². The molecule has 0 aliphatic heterocycles. The predicted molar refractivity (Wildman–Crippen MR) is 63.0 cm³/mol. The number of amides is 1. The van der Waals surface area contributed by atoms with Gasteiger partial charge in [-0.2, -0.15) is 0 Å². The Bertz CT molecular complexity index is 396. The molecule has 0 bridgehead atoms. The SMILES string of the molecule is CC(COc1c(F)cccc1CCN)C(N)=O. The largest absolute Gasteiger partial charge is 0.489 e. The van der Waals surface area contributed by atoms with Gasteiger partial charge in [-0.1, -0.05) is 19.1 Å². The summed E-state index contributed by atoms with van der Waals surface area (Å²) in [4.78, 5) is 10.8. The zero-order valence-corrected chi connectivity index (χ0v) is 9.78. The minimum absolute atomic E-state index is 0.0633. The van der Waals surface area contributed by atoms with E-state index < -0.39 is 17.6 Å². The number of primary amides is 1. The number of halogens is 1. The first-order valence-electron chi connectivity index (χ1n) is 5.45. The van der Waals surface area contributed by atoms with Crippen molar-refractivity contribution in [2.45, 2.75) is 13.3 Å². The van der Waals surface area contributed by atoms with Crippen LogP contribution in [0.25, 0.3) is 0 Å². The average molecular weight is 240 g/mol. The second-order valence-corrected chi connectivity index (χ2v) is 3.88. The fourth-order valence-corrected chi connectivity index (χ4v) is 1.36. The van der Waals surface area contributed by atoms with Gasteiger partial charge >= 0.3 is 0 Å². The zero-order chi connectivity index (χ0) is 12.8. The number of nitrogens with two attached hydrogens (primary N) is 2. The molecule has 0 fully saturated rings. The first kappa shape index (κ1) is 13.4. The molecule has 0 aromatic heterocycles. The quantitative estimate of drug-likeness (QED) is 0.773. The highest BCUT2D eigenvalue weighted by Gasteiger charge is 2.13. The number of hydrogen-bond donors (Lipinski definition) is 2. The Morgan fingerprint density at radius 2 is 2.24 bits per heavy atom. The number of carbonyl (C=O) groups is 1. The van der Waals surface area contributed by atoms with Crippen LogP contribution in [0.15, 0.2) is 18.2 Å². The highest BCUT2D eigenvalue weighted by molar-refractivity contribution is 5.76. The highest BCUT2D eigenvalue weighted by atomic mass is 19.1. The predicted octanol–water partition coefficient (Wildman–Crippen LogP) is 0.827. The molecule has 17 heavy (non-hydrogen) atoms. The second kappa shape index (κ2) is 6.20. The molecule has 4 nitrogen and oxygen atoms in total. The summed E-state index contributed by atoms with van der Waals surface area (Å²) in [5.74, 6) is -1.22. The van der Waals surface area contributed by atoms with Gasteiger partial charge in [-0.3, -0.25) is 4.79 Å². The lowest BCUT2D eigenvalue weighted by atomic mass is 10.1. The molecule has 4 N–H and O–H groups in total. The summed E-state index contributed by atoms with van der Waals surface area (Å²) in [7, 11) is 0. The van der Waals surface area contributed by atoms with Gasteiger partial charge in [-0.15, -0.1) is 0 Å². The van der Waals surface area contributed by atoms with E-state index in [0.29, 0.717) is 18.5 Å². The van der Waals surface area contributed by atoms with E-state index >= 15 is 0 Å². The molecule has 1 aromatic carbocycles. The van der Waals surface area contributed by atoms with Crippen molar-refractivity contribution >= 4 is 5.91 Å². The Morgan fingerprint density at radius 3 is 2.82 bits per heavy atom. The number of hydrogen-bond acceptors (Lipinski definition) is 3. The van der Waals surface area contributed by atoms with Crippen LogP contribution in [0.2, 0.25) is 0 Å². The van der Waals surface area contributed by atoms with Gasteiger partial charge in [-0.05, 0) is 24.6 Å². The lowest BCUT2D eigenvalue weighted by Crippen LogP contribution is -2.26. The summed E-state index contributed by atoms with van der Waals surface area (Å²) in [6, 6.07) is 4.66. The monoisotopic (exact) mass is 240 g/mol. The summed E-state index contributed by atoms with van der Waals surface area (Å²) >= 11 is 0. The topological polar surface area (TPSA) is 78.3 Å². The standard InChI is InChI=1S/C12H17FN2O2/c1-8(12(15)16)7-17-11-9(5-6-14)3-2-4-10(11)13/h2-4,8H,5-7,14H2,1H3,(H2,15,16). The van der Waals surface area contributed by atoms with Crippen molar-refractivity contribution in [2.24, 2.45) is 17.4 Å². The zero-order valence-electron chi connectivity index (χ0n) is 9.78. The van der Waals surface area contributed by atoms with Crippen molar-refractivity contribution in [2.75, 3.05) is 13.2 Å². The molecule has 0 saturated carbocycles. The summed E-state index contributed by atoms with van der Waals surface area (Å²) in [6.45, 7) is 2.10. The van der Waals surface area contributed by atoms with E-state index in [2.05, 4.69) is 0 Å². The molecule has 0 heterocycles. The molecule has 0 aliphatic carbocycles. The van der Waals surface area contributed by atoms with Crippen LogP contribution in [0.4, 0.5) is 4.39 Å². The summed E-state index contributed by atoms with van der Waals surface area (Å²) < 4.78 is 18.9. The van der Waals surface area contributed by atoms with E-state index in [-0.39, 0.29) is 12.4 Å². The van der Waals surface area contributed by atoms with Crippen LogP contribution >= 0.6 is 0 Å². The van der Waals surface area contributed by atoms with Crippen molar-refractivity contribution in [1.29, 1.82) is 0 Å². The van der Waals surface area contributed by atoms with E-state index in [1.165, 1.54) is 6.07 Å².